The van der Waals surface area contributed by atoms with Crippen molar-refractivity contribution in [2.24, 2.45) is 0 Å². The highest BCUT2D eigenvalue weighted by atomic mass is 16.6. The number of carbonyl (C=O) groups excluding carboxylic acids is 1. The first-order valence-corrected chi connectivity index (χ1v) is 8.88. The minimum atomic E-state index is 0.136. The zero-order valence-electron chi connectivity index (χ0n) is 15.8. The van der Waals surface area contributed by atoms with Gasteiger partial charge in [-0.05, 0) is 14.0 Å². The number of ether oxygens (including phenoxy) is 6. The highest BCUT2D eigenvalue weighted by Crippen LogP contribution is 1.86. The Bertz CT molecular complexity index is 280. The van der Waals surface area contributed by atoms with Gasteiger partial charge in [-0.15, -0.1) is 0 Å². The summed E-state index contributed by atoms with van der Waals surface area (Å²) in [7, 11) is 1.89. The topological polar surface area (TPSA) is 84.5 Å². The maximum atomic E-state index is 10.7. The van der Waals surface area contributed by atoms with Crippen molar-refractivity contribution in [3.8, 4) is 0 Å². The summed E-state index contributed by atoms with van der Waals surface area (Å²) in [6.45, 7) is 8.97. The van der Waals surface area contributed by atoms with Gasteiger partial charge in [0, 0.05) is 13.0 Å². The fraction of sp³-hybridized carbons (Fsp3) is 0.941. The largest absolute Gasteiger partial charge is 0.379 e. The van der Waals surface area contributed by atoms with E-state index in [9.17, 15) is 4.79 Å². The van der Waals surface area contributed by atoms with E-state index in [1.54, 1.807) is 6.92 Å². The molecule has 1 N–H and O–H groups in total. The monoisotopic (exact) mass is 365 g/mol. The van der Waals surface area contributed by atoms with Crippen molar-refractivity contribution in [1.29, 1.82) is 0 Å². The standard InChI is InChI=1S/C17H35NO7/c1-17(19)3-5-20-7-9-22-11-13-24-15-16-25-14-12-23-10-8-21-6-4-18-2/h18H,3-16H2,1-2H3. The molecule has 0 unspecified atom stereocenters. The van der Waals surface area contributed by atoms with Crippen molar-refractivity contribution < 1.29 is 33.2 Å². The summed E-state index contributed by atoms with van der Waals surface area (Å²) >= 11 is 0. The molecule has 0 aliphatic rings. The first-order chi connectivity index (χ1) is 12.3. The Morgan fingerprint density at radius 2 is 0.920 bits per heavy atom. The van der Waals surface area contributed by atoms with Gasteiger partial charge in [0.25, 0.3) is 0 Å². The van der Waals surface area contributed by atoms with Crippen LogP contribution in [0.1, 0.15) is 13.3 Å². The van der Waals surface area contributed by atoms with Crippen molar-refractivity contribution in [1.82, 2.24) is 5.32 Å². The van der Waals surface area contributed by atoms with Gasteiger partial charge in [-0.2, -0.15) is 0 Å². The van der Waals surface area contributed by atoms with Gasteiger partial charge >= 0.3 is 0 Å². The Morgan fingerprint density at radius 3 is 1.24 bits per heavy atom. The van der Waals surface area contributed by atoms with Crippen LogP contribution in [0.5, 0.6) is 0 Å². The number of hydrogen-bond donors (Lipinski definition) is 1. The highest BCUT2D eigenvalue weighted by Gasteiger charge is 1.95. The second kappa shape index (κ2) is 21.4. The molecule has 0 amide bonds. The lowest BCUT2D eigenvalue weighted by Gasteiger charge is -2.08. The average molecular weight is 365 g/mol. The lowest BCUT2D eigenvalue weighted by atomic mass is 10.3. The summed E-state index contributed by atoms with van der Waals surface area (Å²) in [5.41, 5.74) is 0. The third-order valence-corrected chi connectivity index (χ3v) is 2.95. The molecule has 0 saturated heterocycles. The predicted octanol–water partition coefficient (Wildman–Crippen LogP) is 0.285. The number of nitrogens with one attached hydrogen (secondary N) is 1. The molecule has 0 bridgehead atoms. The smallest absolute Gasteiger partial charge is 0.132 e. The van der Waals surface area contributed by atoms with Crippen molar-refractivity contribution in [3.05, 3.63) is 0 Å². The van der Waals surface area contributed by atoms with Crippen molar-refractivity contribution >= 4 is 5.78 Å². The van der Waals surface area contributed by atoms with Gasteiger partial charge in [0.05, 0.1) is 79.3 Å². The van der Waals surface area contributed by atoms with Crippen LogP contribution < -0.4 is 5.32 Å². The van der Waals surface area contributed by atoms with E-state index in [1.807, 2.05) is 7.05 Å². The van der Waals surface area contributed by atoms with Gasteiger partial charge in [-0.1, -0.05) is 0 Å². The minimum Gasteiger partial charge on any atom is -0.379 e. The van der Waals surface area contributed by atoms with E-state index in [0.717, 1.165) is 6.54 Å². The van der Waals surface area contributed by atoms with Crippen LogP contribution in [0.2, 0.25) is 0 Å². The molecule has 0 rings (SSSR count). The van der Waals surface area contributed by atoms with Gasteiger partial charge in [0.15, 0.2) is 0 Å². The van der Waals surface area contributed by atoms with E-state index in [2.05, 4.69) is 5.32 Å². The van der Waals surface area contributed by atoms with Crippen LogP contribution in [0.15, 0.2) is 0 Å². The average Bonchev–Trinajstić information content (AvgIpc) is 2.60. The molecule has 0 aromatic rings. The number of hydrogen-bond acceptors (Lipinski definition) is 8. The molecule has 0 aromatic carbocycles. The SMILES string of the molecule is CNCCOCCOCCOCCOCCOCCOCCC(C)=O. The van der Waals surface area contributed by atoms with E-state index in [-0.39, 0.29) is 5.78 Å². The summed E-state index contributed by atoms with van der Waals surface area (Å²) < 4.78 is 32.0. The summed E-state index contributed by atoms with van der Waals surface area (Å²) in [4.78, 5) is 10.7. The minimum absolute atomic E-state index is 0.136. The highest BCUT2D eigenvalue weighted by molar-refractivity contribution is 5.75. The zero-order chi connectivity index (χ0) is 18.4. The molecule has 0 aliphatic carbocycles. The van der Waals surface area contributed by atoms with Crippen LogP contribution in [-0.2, 0) is 33.2 Å². The van der Waals surface area contributed by atoms with Crippen LogP contribution in [0.3, 0.4) is 0 Å². The summed E-state index contributed by atoms with van der Waals surface area (Å²) in [5.74, 6) is 0.136. The van der Waals surface area contributed by atoms with Crippen LogP contribution in [0, 0.1) is 0 Å². The molecule has 8 nitrogen and oxygen atoms in total. The molecular formula is C17H35NO7. The third-order valence-electron chi connectivity index (χ3n) is 2.95. The van der Waals surface area contributed by atoms with Gasteiger partial charge < -0.3 is 33.7 Å². The van der Waals surface area contributed by atoms with Crippen molar-refractivity contribution in [3.63, 3.8) is 0 Å². The van der Waals surface area contributed by atoms with E-state index in [1.165, 1.54) is 0 Å². The summed E-state index contributed by atoms with van der Waals surface area (Å²) in [6.07, 6.45) is 0.457. The van der Waals surface area contributed by atoms with Crippen molar-refractivity contribution in [2.45, 2.75) is 13.3 Å². The van der Waals surface area contributed by atoms with Gasteiger partial charge in [-0.3, -0.25) is 4.79 Å². The second-order valence-electron chi connectivity index (χ2n) is 5.23. The Balaban J connectivity index is 2.97. The molecule has 8 heteroatoms. The molecule has 0 fully saturated rings. The summed E-state index contributed by atoms with van der Waals surface area (Å²) in [6, 6.07) is 0. The first kappa shape index (κ1) is 24.4. The Labute approximate surface area is 151 Å². The number of carbonyl (C=O) groups is 1. The Hall–Kier alpha value is -0.610. The van der Waals surface area contributed by atoms with E-state index < -0.39 is 0 Å². The maximum absolute atomic E-state index is 10.7. The zero-order valence-corrected chi connectivity index (χ0v) is 15.8. The molecule has 0 atom stereocenters. The molecule has 25 heavy (non-hydrogen) atoms. The number of Topliss-reactive ketones (excluding diaryl/α,β-unsaturated/α-hetero) is 1. The molecular weight excluding hydrogens is 330 g/mol. The van der Waals surface area contributed by atoms with Crippen molar-refractivity contribution in [2.75, 3.05) is 92.9 Å². The lowest BCUT2D eigenvalue weighted by Crippen LogP contribution is -2.17. The van der Waals surface area contributed by atoms with Gasteiger partial charge in [0.1, 0.15) is 5.78 Å². The van der Waals surface area contributed by atoms with E-state index in [4.69, 9.17) is 28.4 Å². The van der Waals surface area contributed by atoms with Gasteiger partial charge in [0.2, 0.25) is 0 Å². The second-order valence-corrected chi connectivity index (χ2v) is 5.23. The van der Waals surface area contributed by atoms with Crippen LogP contribution in [0.25, 0.3) is 0 Å². The fourth-order valence-corrected chi connectivity index (χ4v) is 1.59. The first-order valence-electron chi connectivity index (χ1n) is 8.88. The maximum Gasteiger partial charge on any atom is 0.132 e. The molecule has 0 radical (unpaired) electrons. The molecule has 150 valence electrons. The number of ketones is 1. The molecule has 0 spiro atoms. The third kappa shape index (κ3) is 23.4. The molecule has 0 heterocycles. The van der Waals surface area contributed by atoms with Crippen LogP contribution in [0.4, 0.5) is 0 Å². The molecule has 0 aromatic heterocycles. The fourth-order valence-electron chi connectivity index (χ4n) is 1.59. The number of likely N-dealkylation sites (N-methyl/N-ethyl adjacent to an activating group) is 1. The Morgan fingerprint density at radius 1 is 0.600 bits per heavy atom. The lowest BCUT2D eigenvalue weighted by molar-refractivity contribution is -0.118. The normalized spacial score (nSPS) is 11.1. The Kier molecular flexibility index (Phi) is 20.9. The predicted molar refractivity (Wildman–Crippen MR) is 94.1 cm³/mol. The number of rotatable bonds is 21. The van der Waals surface area contributed by atoms with Crippen LogP contribution in [-0.4, -0.2) is 98.7 Å². The molecule has 0 aliphatic heterocycles. The molecule has 0 saturated carbocycles. The quantitative estimate of drug-likeness (QED) is 0.291. The van der Waals surface area contributed by atoms with Crippen LogP contribution >= 0.6 is 0 Å². The van der Waals surface area contributed by atoms with E-state index >= 15 is 0 Å². The van der Waals surface area contributed by atoms with E-state index in [0.29, 0.717) is 85.7 Å². The van der Waals surface area contributed by atoms with Gasteiger partial charge in [-0.25, -0.2) is 0 Å². The summed E-state index contributed by atoms with van der Waals surface area (Å²) in [5, 5.41) is 3.01.